The van der Waals surface area contributed by atoms with Gasteiger partial charge in [0, 0.05) is 97.0 Å². The van der Waals surface area contributed by atoms with Crippen molar-refractivity contribution in [1.82, 2.24) is 15.5 Å². The quantitative estimate of drug-likeness (QED) is 0.0616. The maximum absolute atomic E-state index is 14.5. The Balaban J connectivity index is 1.27. The molecule has 8 rings (SSSR count). The smallest absolute Gasteiger partial charge is 0.339 e. The van der Waals surface area contributed by atoms with Gasteiger partial charge in [0.2, 0.25) is 5.91 Å². The Morgan fingerprint density at radius 3 is 2.79 bits per heavy atom. The van der Waals surface area contributed by atoms with E-state index in [1.165, 1.54) is 0 Å². The van der Waals surface area contributed by atoms with Gasteiger partial charge in [0.15, 0.2) is 11.2 Å². The highest BCUT2D eigenvalue weighted by molar-refractivity contribution is 8.77. The standard InChI is InChI=1S/C43H52N4O9S2/c1-4-23(8-11-49)41(53)56-42(2)9-7-25-22-57-58-34-14-29(21-50)38(45-3)31-20-47(39(31)34)36(51)15-28-19-46-35(44)16-30(28)37(25)43(42)18-27-13-26-12-24(6-5-10-48)40(52)54-32(26)17-33(27)55-43/h4,7,12-13,16-17,21,29,31,34,37-39,45-46,48-49H,5-6,8-11,14-15,18-20,22,44H2,1-3H3. The number of allylic oxidation sites excluding steroid dienone is 2. The molecular formula is C43H52N4O9S2. The largest absolute Gasteiger partial charge is 0.481 e. The molecule has 5 heterocycles. The van der Waals surface area contributed by atoms with E-state index in [2.05, 4.69) is 16.7 Å². The topological polar surface area (TPSA) is 194 Å². The lowest BCUT2D eigenvalue weighted by Gasteiger charge is -2.58. The van der Waals surface area contributed by atoms with Gasteiger partial charge in [0.05, 0.1) is 24.2 Å². The molecular weight excluding hydrogens is 781 g/mol. The van der Waals surface area contributed by atoms with Crippen LogP contribution >= 0.6 is 21.6 Å². The normalized spacial score (nSPS) is 31.9. The van der Waals surface area contributed by atoms with Crippen molar-refractivity contribution >= 4 is 50.7 Å². The summed E-state index contributed by atoms with van der Waals surface area (Å²) in [5, 5.41) is 26.7. The van der Waals surface area contributed by atoms with Crippen LogP contribution in [0.3, 0.4) is 0 Å². The van der Waals surface area contributed by atoms with Gasteiger partial charge in [-0.1, -0.05) is 39.3 Å². The summed E-state index contributed by atoms with van der Waals surface area (Å²) in [5.41, 5.74) is 8.34. The number of nitrogens with two attached hydrogens (primary N) is 1. The molecule has 1 spiro atoms. The zero-order chi connectivity index (χ0) is 40.9. The third-order valence-corrected chi connectivity index (χ3v) is 16.1. The predicted molar refractivity (Wildman–Crippen MR) is 223 cm³/mol. The number of aldehydes is 1. The van der Waals surface area contributed by atoms with E-state index in [0.717, 1.165) is 28.6 Å². The van der Waals surface area contributed by atoms with Crippen LogP contribution in [0.5, 0.6) is 5.75 Å². The maximum atomic E-state index is 14.5. The van der Waals surface area contributed by atoms with Crippen LogP contribution in [0.1, 0.15) is 57.1 Å². The third-order valence-electron chi connectivity index (χ3n) is 13.3. The van der Waals surface area contributed by atoms with Crippen molar-refractivity contribution in [3.63, 3.8) is 0 Å². The molecule has 15 heteroatoms. The Bertz CT molecular complexity index is 2200. The minimum atomic E-state index is -1.27. The second-order valence-corrected chi connectivity index (χ2v) is 19.1. The number of dihydropyridines is 1. The maximum Gasteiger partial charge on any atom is 0.339 e. The van der Waals surface area contributed by atoms with Crippen molar-refractivity contribution in [3.8, 4) is 5.75 Å². The van der Waals surface area contributed by atoms with E-state index in [9.17, 15) is 29.4 Å². The second-order valence-electron chi connectivity index (χ2n) is 16.5. The van der Waals surface area contributed by atoms with Crippen molar-refractivity contribution in [2.45, 2.75) is 87.3 Å². The number of rotatable bonds is 9. The first kappa shape index (κ1) is 40.7. The molecule has 2 aromatic rings. The highest BCUT2D eigenvalue weighted by Crippen LogP contribution is 2.58. The summed E-state index contributed by atoms with van der Waals surface area (Å²) in [6.45, 7) is 4.28. The van der Waals surface area contributed by atoms with E-state index < -0.39 is 28.7 Å². The van der Waals surface area contributed by atoms with Gasteiger partial charge in [0.25, 0.3) is 0 Å². The van der Waals surface area contributed by atoms with Gasteiger partial charge in [0.1, 0.15) is 17.6 Å². The number of amides is 1. The van der Waals surface area contributed by atoms with Gasteiger partial charge in [-0.15, -0.1) is 0 Å². The molecule has 1 saturated carbocycles. The van der Waals surface area contributed by atoms with Gasteiger partial charge >= 0.3 is 11.6 Å². The number of carbonyl (C=O) groups is 3. The summed E-state index contributed by atoms with van der Waals surface area (Å²) < 4.78 is 19.7. The van der Waals surface area contributed by atoms with E-state index in [0.29, 0.717) is 84.6 Å². The van der Waals surface area contributed by atoms with Gasteiger partial charge < -0.3 is 50.2 Å². The number of nitrogens with zero attached hydrogens (tertiary/aromatic N) is 1. The number of hydrogen-bond acceptors (Lipinski definition) is 14. The van der Waals surface area contributed by atoms with Gasteiger partial charge in [-0.25, -0.2) is 9.59 Å². The Labute approximate surface area is 345 Å². The monoisotopic (exact) mass is 832 g/mol. The lowest BCUT2D eigenvalue weighted by molar-refractivity contribution is -0.186. The number of benzene rings is 1. The van der Waals surface area contributed by atoms with Crippen molar-refractivity contribution < 1.29 is 38.5 Å². The highest BCUT2D eigenvalue weighted by atomic mass is 33.1. The van der Waals surface area contributed by atoms with E-state index in [4.69, 9.17) is 19.6 Å². The van der Waals surface area contributed by atoms with Crippen molar-refractivity contribution in [1.29, 1.82) is 0 Å². The number of aryl methyl sites for hydroxylation is 1. The number of hydrogen-bond donors (Lipinski definition) is 5. The average Bonchev–Trinajstić information content (AvgIpc) is 3.56. The zero-order valence-electron chi connectivity index (χ0n) is 33.1. The van der Waals surface area contributed by atoms with E-state index in [1.54, 1.807) is 46.7 Å². The predicted octanol–water partition coefficient (Wildman–Crippen LogP) is 3.46. The lowest BCUT2D eigenvalue weighted by atomic mass is 9.61. The van der Waals surface area contributed by atoms with Crippen molar-refractivity contribution in [3.05, 3.63) is 86.1 Å². The van der Waals surface area contributed by atoms with Crippen molar-refractivity contribution in [2.24, 2.45) is 23.5 Å². The fourth-order valence-corrected chi connectivity index (χ4v) is 13.4. The van der Waals surface area contributed by atoms with Crippen LogP contribution in [0.25, 0.3) is 11.0 Å². The molecule has 13 nitrogen and oxygen atoms in total. The molecule has 0 radical (unpaired) electrons. The van der Waals surface area contributed by atoms with Crippen LogP contribution < -0.4 is 26.7 Å². The molecule has 4 aliphatic heterocycles. The summed E-state index contributed by atoms with van der Waals surface area (Å²) >= 11 is 0. The zero-order valence-corrected chi connectivity index (χ0v) is 34.7. The average molecular weight is 833 g/mol. The first-order valence-corrected chi connectivity index (χ1v) is 22.6. The number of aliphatic hydroxyl groups is 2. The van der Waals surface area contributed by atoms with E-state index >= 15 is 0 Å². The lowest BCUT2D eigenvalue weighted by Crippen LogP contribution is -2.71. The first-order chi connectivity index (χ1) is 28.0. The van der Waals surface area contributed by atoms with Crippen LogP contribution in [-0.4, -0.2) is 101 Å². The van der Waals surface area contributed by atoms with Gasteiger partial charge in [-0.2, -0.15) is 0 Å². The third kappa shape index (κ3) is 6.89. The summed E-state index contributed by atoms with van der Waals surface area (Å²) in [6, 6.07) is 5.52. The molecule has 2 fully saturated rings. The second kappa shape index (κ2) is 16.2. The number of ether oxygens (including phenoxy) is 2. The number of carbonyl (C=O) groups excluding carboxylic acids is 3. The van der Waals surface area contributed by atoms with Crippen LogP contribution in [0.2, 0.25) is 0 Å². The van der Waals surface area contributed by atoms with Crippen molar-refractivity contribution in [2.75, 3.05) is 39.1 Å². The SMILES string of the molecule is CC=C(CCO)C(=O)OC1(C)CC=C2CSSC3CC(C=O)C(NC)C4CN(C(=O)CC5=C(C=C(N)NC5)C2C12Cc1cc5cc(CCCO)c(=O)oc5cc1O2)C34. The number of esters is 1. The molecule has 6 N–H and O–H groups in total. The molecule has 58 heavy (non-hydrogen) atoms. The fourth-order valence-electron chi connectivity index (χ4n) is 10.3. The van der Waals surface area contributed by atoms with E-state index in [1.807, 2.05) is 31.0 Å². The molecule has 2 aliphatic carbocycles. The van der Waals surface area contributed by atoms with E-state index in [-0.39, 0.29) is 61.1 Å². The molecule has 8 atom stereocenters. The Morgan fingerprint density at radius 2 is 2.05 bits per heavy atom. The van der Waals surface area contributed by atoms with Gasteiger partial charge in [-0.05, 0) is 75.1 Å². The highest BCUT2D eigenvalue weighted by Gasteiger charge is 2.64. The minimum absolute atomic E-state index is 0.00945. The minimum Gasteiger partial charge on any atom is -0.481 e. The Hall–Kier alpha value is -4.02. The molecule has 1 aromatic heterocycles. The molecule has 1 saturated heterocycles. The van der Waals surface area contributed by atoms with Crippen LogP contribution in [0, 0.1) is 17.8 Å². The summed E-state index contributed by atoms with van der Waals surface area (Å²) in [4.78, 5) is 55.8. The molecule has 8 unspecified atom stereocenters. The van der Waals surface area contributed by atoms with Crippen LogP contribution in [0.4, 0.5) is 0 Å². The summed E-state index contributed by atoms with van der Waals surface area (Å²) in [7, 11) is 5.34. The summed E-state index contributed by atoms with van der Waals surface area (Å²) in [6.07, 6.45) is 9.13. The Morgan fingerprint density at radius 1 is 1.22 bits per heavy atom. The molecule has 1 aromatic carbocycles. The first-order valence-electron chi connectivity index (χ1n) is 20.2. The van der Waals surface area contributed by atoms with Crippen LogP contribution in [0.15, 0.2) is 73.8 Å². The van der Waals surface area contributed by atoms with Gasteiger partial charge in [-0.3, -0.25) is 4.79 Å². The molecule has 6 aliphatic rings. The molecule has 0 bridgehead atoms. The number of nitrogens with one attached hydrogen (secondary N) is 2. The Kier molecular flexibility index (Phi) is 11.4. The number of aliphatic hydroxyl groups excluding tert-OH is 2. The van der Waals surface area contributed by atoms with Crippen LogP contribution in [-0.2, 0) is 32.0 Å². The molecule has 1 amide bonds. The molecule has 310 valence electrons. The fraction of sp³-hybridized carbons (Fsp3) is 0.535. The summed E-state index contributed by atoms with van der Waals surface area (Å²) in [5.74, 6) is 0.495. The number of fused-ring (bicyclic) bond motifs is 5.